The van der Waals surface area contributed by atoms with Crippen molar-refractivity contribution in [2.75, 3.05) is 26.2 Å². The molecular formula is C29H32N2O2. The highest BCUT2D eigenvalue weighted by Crippen LogP contribution is 2.30. The van der Waals surface area contributed by atoms with Crippen LogP contribution in [0, 0.1) is 5.92 Å². The number of hydrogen-bond donors (Lipinski definition) is 1. The van der Waals surface area contributed by atoms with E-state index in [-0.39, 0.29) is 17.9 Å². The third kappa shape index (κ3) is 4.96. The minimum Gasteiger partial charge on any atom is -0.492 e. The minimum absolute atomic E-state index is 0.108. The van der Waals surface area contributed by atoms with Crippen molar-refractivity contribution in [3.63, 3.8) is 0 Å². The van der Waals surface area contributed by atoms with E-state index in [1.165, 1.54) is 16.5 Å². The van der Waals surface area contributed by atoms with E-state index in [4.69, 9.17) is 4.74 Å². The summed E-state index contributed by atoms with van der Waals surface area (Å²) in [5.41, 5.74) is 2.72. The average Bonchev–Trinajstić information content (AvgIpc) is 2.88. The predicted octanol–water partition coefficient (Wildman–Crippen LogP) is 5.29. The van der Waals surface area contributed by atoms with Crippen LogP contribution in [-0.4, -0.2) is 37.0 Å². The number of carbonyl (C=O) groups excluding carboxylic acids is 1. The van der Waals surface area contributed by atoms with Crippen molar-refractivity contribution in [3.05, 3.63) is 90.0 Å². The quantitative estimate of drug-likeness (QED) is 0.508. The maximum atomic E-state index is 12.8. The molecule has 2 unspecified atom stereocenters. The molecule has 1 amide bonds. The van der Waals surface area contributed by atoms with E-state index in [0.29, 0.717) is 13.2 Å². The van der Waals surface area contributed by atoms with Gasteiger partial charge in [0.05, 0.1) is 6.04 Å². The Morgan fingerprint density at radius 3 is 2.76 bits per heavy atom. The summed E-state index contributed by atoms with van der Waals surface area (Å²) in [7, 11) is 0. The molecule has 0 saturated heterocycles. The zero-order valence-electron chi connectivity index (χ0n) is 19.1. The zero-order valence-corrected chi connectivity index (χ0v) is 19.1. The lowest BCUT2D eigenvalue weighted by molar-refractivity contribution is -0.125. The number of allylic oxidation sites excluding steroid dienone is 2. The van der Waals surface area contributed by atoms with Gasteiger partial charge >= 0.3 is 0 Å². The molecule has 0 fully saturated rings. The monoisotopic (exact) mass is 440 g/mol. The molecular weight excluding hydrogens is 408 g/mol. The van der Waals surface area contributed by atoms with Crippen LogP contribution in [0.3, 0.4) is 0 Å². The summed E-state index contributed by atoms with van der Waals surface area (Å²) < 4.78 is 6.24. The Balaban J connectivity index is 1.26. The van der Waals surface area contributed by atoms with Crippen molar-refractivity contribution in [2.45, 2.75) is 31.7 Å². The number of amides is 1. The molecule has 0 aromatic heterocycles. The molecule has 0 radical (unpaired) electrons. The average molecular weight is 441 g/mol. The van der Waals surface area contributed by atoms with Crippen LogP contribution in [0.15, 0.2) is 78.9 Å². The van der Waals surface area contributed by atoms with Gasteiger partial charge in [-0.05, 0) is 48.3 Å². The number of fused-ring (bicyclic) bond motifs is 2. The van der Waals surface area contributed by atoms with E-state index in [2.05, 4.69) is 77.0 Å². The van der Waals surface area contributed by atoms with Gasteiger partial charge in [-0.1, -0.05) is 72.8 Å². The zero-order chi connectivity index (χ0) is 22.5. The van der Waals surface area contributed by atoms with Gasteiger partial charge in [-0.2, -0.15) is 0 Å². The Bertz CT molecular complexity index is 1130. The van der Waals surface area contributed by atoms with E-state index in [1.807, 2.05) is 12.1 Å². The van der Waals surface area contributed by atoms with Gasteiger partial charge in [0.25, 0.3) is 0 Å². The number of carbonyl (C=O) groups is 1. The number of benzene rings is 3. The molecule has 1 heterocycles. The van der Waals surface area contributed by atoms with Crippen LogP contribution in [0.4, 0.5) is 0 Å². The second-order valence-corrected chi connectivity index (χ2v) is 9.05. The fourth-order valence-electron chi connectivity index (χ4n) is 5.18. The third-order valence-corrected chi connectivity index (χ3v) is 7.02. The van der Waals surface area contributed by atoms with Crippen molar-refractivity contribution >= 4 is 16.7 Å². The first-order valence-electron chi connectivity index (χ1n) is 12.1. The highest BCUT2D eigenvalue weighted by Gasteiger charge is 2.28. The van der Waals surface area contributed by atoms with E-state index in [1.54, 1.807) is 0 Å². The molecule has 1 aliphatic carbocycles. The Morgan fingerprint density at radius 2 is 1.85 bits per heavy atom. The number of hydrogen-bond acceptors (Lipinski definition) is 3. The normalized spacial score (nSPS) is 20.4. The maximum Gasteiger partial charge on any atom is 0.223 e. The molecule has 170 valence electrons. The van der Waals surface area contributed by atoms with Crippen molar-refractivity contribution in [2.24, 2.45) is 5.92 Å². The Labute approximate surface area is 196 Å². The van der Waals surface area contributed by atoms with Gasteiger partial charge in [-0.25, -0.2) is 0 Å². The van der Waals surface area contributed by atoms with Gasteiger partial charge < -0.3 is 10.1 Å². The molecule has 0 bridgehead atoms. The molecule has 3 aromatic carbocycles. The van der Waals surface area contributed by atoms with Crippen molar-refractivity contribution in [1.29, 1.82) is 0 Å². The van der Waals surface area contributed by atoms with Crippen LogP contribution in [0.1, 0.15) is 36.4 Å². The van der Waals surface area contributed by atoms with Crippen LogP contribution in [-0.2, 0) is 11.2 Å². The molecule has 4 heteroatoms. The number of rotatable bonds is 7. The highest BCUT2D eigenvalue weighted by atomic mass is 16.5. The van der Waals surface area contributed by atoms with Gasteiger partial charge in [-0.3, -0.25) is 9.69 Å². The topological polar surface area (TPSA) is 41.6 Å². The number of ether oxygens (including phenoxy) is 1. The van der Waals surface area contributed by atoms with Gasteiger partial charge in [0.2, 0.25) is 5.91 Å². The number of nitrogens with zero attached hydrogens (tertiary/aromatic N) is 1. The largest absolute Gasteiger partial charge is 0.492 e. The van der Waals surface area contributed by atoms with Gasteiger partial charge in [0, 0.05) is 30.9 Å². The molecule has 2 atom stereocenters. The summed E-state index contributed by atoms with van der Waals surface area (Å²) in [6.07, 6.45) is 8.16. The molecule has 3 aromatic rings. The minimum atomic E-state index is 0.108. The second kappa shape index (κ2) is 10.2. The lowest BCUT2D eigenvalue weighted by Gasteiger charge is -2.37. The van der Waals surface area contributed by atoms with Crippen LogP contribution < -0.4 is 10.1 Å². The van der Waals surface area contributed by atoms with E-state index in [9.17, 15) is 4.79 Å². The molecule has 33 heavy (non-hydrogen) atoms. The SMILES string of the molecule is O=C(NCC1c2ccccc2CCN1CCOc1cccc2ccccc12)C1CC=CCC1. The first-order valence-corrected chi connectivity index (χ1v) is 12.1. The predicted molar refractivity (Wildman–Crippen MR) is 133 cm³/mol. The summed E-state index contributed by atoms with van der Waals surface area (Å²) in [5, 5.41) is 5.61. The smallest absolute Gasteiger partial charge is 0.223 e. The first-order chi connectivity index (χ1) is 16.3. The summed E-state index contributed by atoms with van der Waals surface area (Å²) in [6.45, 7) is 3.06. The fraction of sp³-hybridized carbons (Fsp3) is 0.345. The summed E-state index contributed by atoms with van der Waals surface area (Å²) in [4.78, 5) is 15.3. The van der Waals surface area contributed by atoms with Crippen LogP contribution in [0.5, 0.6) is 5.75 Å². The summed E-state index contributed by atoms with van der Waals surface area (Å²) in [5.74, 6) is 1.23. The number of nitrogens with one attached hydrogen (secondary N) is 1. The molecule has 4 nitrogen and oxygen atoms in total. The second-order valence-electron chi connectivity index (χ2n) is 9.05. The Kier molecular flexibility index (Phi) is 6.73. The highest BCUT2D eigenvalue weighted by molar-refractivity contribution is 5.88. The van der Waals surface area contributed by atoms with Gasteiger partial charge in [0.1, 0.15) is 12.4 Å². The molecule has 0 saturated carbocycles. The fourth-order valence-corrected chi connectivity index (χ4v) is 5.18. The first kappa shape index (κ1) is 21.7. The maximum absolute atomic E-state index is 12.8. The lowest BCUT2D eigenvalue weighted by Crippen LogP contribution is -2.44. The molecule has 1 N–H and O–H groups in total. The summed E-state index contributed by atoms with van der Waals surface area (Å²) >= 11 is 0. The lowest BCUT2D eigenvalue weighted by atomic mass is 9.91. The molecule has 1 aliphatic heterocycles. The third-order valence-electron chi connectivity index (χ3n) is 7.02. The van der Waals surface area contributed by atoms with Crippen molar-refractivity contribution in [3.8, 4) is 5.75 Å². The standard InChI is InChI=1S/C29H32N2O2/c32-29(24-11-2-1-3-12-24)30-21-27-25-14-6-4-10-23(25)17-18-31(27)19-20-33-28-16-8-13-22-9-5-7-15-26(22)28/h1-2,4-10,13-16,24,27H,3,11-12,17-21H2,(H,30,32). The van der Waals surface area contributed by atoms with Gasteiger partial charge in [0.15, 0.2) is 0 Å². The van der Waals surface area contributed by atoms with Crippen molar-refractivity contribution < 1.29 is 9.53 Å². The van der Waals surface area contributed by atoms with Crippen LogP contribution >= 0.6 is 0 Å². The molecule has 2 aliphatic rings. The van der Waals surface area contributed by atoms with Crippen molar-refractivity contribution in [1.82, 2.24) is 10.2 Å². The van der Waals surface area contributed by atoms with Gasteiger partial charge in [-0.15, -0.1) is 0 Å². The van der Waals surface area contributed by atoms with E-state index < -0.39 is 0 Å². The van der Waals surface area contributed by atoms with E-state index in [0.717, 1.165) is 49.9 Å². The Morgan fingerprint density at radius 1 is 1.00 bits per heavy atom. The van der Waals surface area contributed by atoms with Crippen LogP contribution in [0.25, 0.3) is 10.8 Å². The molecule has 5 rings (SSSR count). The Hall–Kier alpha value is -3.11. The van der Waals surface area contributed by atoms with Crippen LogP contribution in [0.2, 0.25) is 0 Å². The summed E-state index contributed by atoms with van der Waals surface area (Å²) in [6, 6.07) is 23.4. The molecule has 0 spiro atoms. The van der Waals surface area contributed by atoms with E-state index >= 15 is 0 Å².